The number of carbonyl (C=O) groups excluding carboxylic acids is 1. The van der Waals surface area contributed by atoms with Crippen molar-refractivity contribution in [2.24, 2.45) is 0 Å². The zero-order chi connectivity index (χ0) is 12.8. The molecule has 1 rings (SSSR count). The van der Waals surface area contributed by atoms with Gasteiger partial charge in [-0.15, -0.1) is 0 Å². The Balaban J connectivity index is 3.02. The summed E-state index contributed by atoms with van der Waals surface area (Å²) in [7, 11) is 1.17. The van der Waals surface area contributed by atoms with Crippen molar-refractivity contribution >= 4 is 17.7 Å². The minimum atomic E-state index is -0.745. The summed E-state index contributed by atoms with van der Waals surface area (Å²) < 4.78 is 4.40. The lowest BCUT2D eigenvalue weighted by atomic mass is 10.1. The van der Waals surface area contributed by atoms with Crippen molar-refractivity contribution in [1.29, 1.82) is 5.26 Å². The van der Waals surface area contributed by atoms with Crippen molar-refractivity contribution in [2.75, 3.05) is 7.11 Å². The van der Waals surface area contributed by atoms with Gasteiger partial charge in [-0.3, -0.25) is 10.1 Å². The number of carbonyl (C=O) groups is 1. The van der Waals surface area contributed by atoms with E-state index in [4.69, 9.17) is 5.26 Å². The van der Waals surface area contributed by atoms with Gasteiger partial charge in [-0.25, -0.2) is 4.79 Å². The van der Waals surface area contributed by atoms with E-state index >= 15 is 0 Å². The van der Waals surface area contributed by atoms with Gasteiger partial charge in [0.25, 0.3) is 5.69 Å². The van der Waals surface area contributed by atoms with E-state index in [1.807, 2.05) is 0 Å². The average Bonchev–Trinajstić information content (AvgIpc) is 2.35. The first-order valence-electron chi connectivity index (χ1n) is 4.53. The summed E-state index contributed by atoms with van der Waals surface area (Å²) >= 11 is 0. The van der Waals surface area contributed by atoms with E-state index in [1.165, 1.54) is 37.5 Å². The summed E-state index contributed by atoms with van der Waals surface area (Å²) in [5.74, 6) is -0.745. The molecule has 0 fully saturated rings. The maximum absolute atomic E-state index is 11.1. The number of nitrogens with zero attached hydrogens (tertiary/aromatic N) is 2. The Morgan fingerprint density at radius 3 is 2.47 bits per heavy atom. The molecule has 0 saturated heterocycles. The molecule has 0 aliphatic carbocycles. The topological polar surface area (TPSA) is 93.2 Å². The van der Waals surface area contributed by atoms with E-state index in [0.717, 1.165) is 0 Å². The molecule has 1 aromatic rings. The number of hydrogen-bond acceptors (Lipinski definition) is 5. The van der Waals surface area contributed by atoms with E-state index in [9.17, 15) is 14.9 Å². The van der Waals surface area contributed by atoms with E-state index in [0.29, 0.717) is 5.56 Å². The number of nitro groups is 1. The molecule has 0 heterocycles. The summed E-state index contributed by atoms with van der Waals surface area (Å²) in [4.78, 5) is 21.0. The second kappa shape index (κ2) is 5.42. The van der Waals surface area contributed by atoms with Crippen LogP contribution in [0, 0.1) is 21.4 Å². The van der Waals surface area contributed by atoms with Gasteiger partial charge in [-0.05, 0) is 23.8 Å². The minimum Gasteiger partial charge on any atom is -0.465 e. The number of hydrogen-bond donors (Lipinski definition) is 0. The van der Waals surface area contributed by atoms with Crippen LogP contribution in [-0.4, -0.2) is 18.0 Å². The van der Waals surface area contributed by atoms with Crippen molar-refractivity contribution < 1.29 is 14.5 Å². The highest BCUT2D eigenvalue weighted by Gasteiger charge is 2.09. The van der Waals surface area contributed by atoms with Crippen LogP contribution in [0.3, 0.4) is 0 Å². The lowest BCUT2D eigenvalue weighted by Crippen LogP contribution is -2.02. The fourth-order valence-corrected chi connectivity index (χ4v) is 1.11. The van der Waals surface area contributed by atoms with Gasteiger partial charge in [-0.2, -0.15) is 5.26 Å². The predicted octanol–water partition coefficient (Wildman–Crippen LogP) is 1.67. The number of esters is 1. The SMILES string of the molecule is COC(=O)/C(C#N)=C/c1ccc([N+](=O)[O-])cc1. The highest BCUT2D eigenvalue weighted by atomic mass is 16.6. The number of ether oxygens (including phenoxy) is 1. The molecule has 0 atom stereocenters. The highest BCUT2D eigenvalue weighted by Crippen LogP contribution is 2.14. The third kappa shape index (κ3) is 3.14. The van der Waals surface area contributed by atoms with Gasteiger partial charge in [0.1, 0.15) is 11.6 Å². The molecule has 6 heteroatoms. The highest BCUT2D eigenvalue weighted by molar-refractivity contribution is 5.97. The largest absolute Gasteiger partial charge is 0.465 e. The zero-order valence-electron chi connectivity index (χ0n) is 8.91. The van der Waals surface area contributed by atoms with Crippen molar-refractivity contribution in [3.05, 3.63) is 45.5 Å². The standard InChI is InChI=1S/C11H8N2O4/c1-17-11(14)9(7-12)6-8-2-4-10(5-3-8)13(15)16/h2-6H,1H3/b9-6+. The number of rotatable bonds is 3. The van der Waals surface area contributed by atoms with Gasteiger partial charge in [-0.1, -0.05) is 0 Å². The minimum absolute atomic E-state index is 0.0567. The number of benzene rings is 1. The third-order valence-corrected chi connectivity index (χ3v) is 1.94. The van der Waals surface area contributed by atoms with Crippen molar-refractivity contribution in [3.63, 3.8) is 0 Å². The lowest BCUT2D eigenvalue weighted by molar-refractivity contribution is -0.384. The van der Waals surface area contributed by atoms with Crippen LogP contribution >= 0.6 is 0 Å². The summed E-state index contributed by atoms with van der Waals surface area (Å²) in [5, 5.41) is 19.1. The maximum atomic E-state index is 11.1. The van der Waals surface area contributed by atoms with Gasteiger partial charge >= 0.3 is 5.97 Å². The Bertz CT molecular complexity index is 511. The summed E-state index contributed by atoms with van der Waals surface area (Å²) in [6, 6.07) is 7.16. The quantitative estimate of drug-likeness (QED) is 0.260. The fourth-order valence-electron chi connectivity index (χ4n) is 1.11. The molecule has 0 spiro atoms. The molecule has 0 radical (unpaired) electrons. The van der Waals surface area contributed by atoms with Crippen LogP contribution < -0.4 is 0 Å². The number of nitriles is 1. The summed E-state index contributed by atoms with van der Waals surface area (Å²) in [6.45, 7) is 0. The molecule has 0 saturated carbocycles. The average molecular weight is 232 g/mol. The van der Waals surface area contributed by atoms with Gasteiger partial charge in [0.05, 0.1) is 12.0 Å². The fraction of sp³-hybridized carbons (Fsp3) is 0.0909. The maximum Gasteiger partial charge on any atom is 0.348 e. The number of nitro benzene ring substituents is 1. The second-order valence-corrected chi connectivity index (χ2v) is 3.01. The lowest BCUT2D eigenvalue weighted by Gasteiger charge is -1.97. The molecular weight excluding hydrogens is 224 g/mol. The molecule has 1 aromatic carbocycles. The molecule has 6 nitrogen and oxygen atoms in total. The molecule has 86 valence electrons. The molecule has 0 amide bonds. The molecule has 17 heavy (non-hydrogen) atoms. The zero-order valence-corrected chi connectivity index (χ0v) is 8.91. The molecular formula is C11H8N2O4. The Morgan fingerprint density at radius 2 is 2.06 bits per heavy atom. The number of methoxy groups -OCH3 is 1. The summed E-state index contributed by atoms with van der Waals surface area (Å²) in [5.41, 5.74) is 0.289. The first-order valence-corrected chi connectivity index (χ1v) is 4.53. The summed E-state index contributed by atoms with van der Waals surface area (Å²) in [6.07, 6.45) is 1.30. The second-order valence-electron chi connectivity index (χ2n) is 3.01. The van der Waals surface area contributed by atoms with Crippen LogP contribution in [0.4, 0.5) is 5.69 Å². The van der Waals surface area contributed by atoms with E-state index in [-0.39, 0.29) is 11.3 Å². The number of non-ortho nitro benzene ring substituents is 1. The first kappa shape index (κ1) is 12.4. The van der Waals surface area contributed by atoms with E-state index in [2.05, 4.69) is 4.74 Å². The van der Waals surface area contributed by atoms with E-state index < -0.39 is 10.9 Å². The van der Waals surface area contributed by atoms with Crippen LogP contribution in [-0.2, 0) is 9.53 Å². The van der Waals surface area contributed by atoms with Gasteiger partial charge < -0.3 is 4.74 Å². The van der Waals surface area contributed by atoms with Gasteiger partial charge in [0, 0.05) is 12.1 Å². The molecule has 0 aliphatic heterocycles. The predicted molar refractivity (Wildman–Crippen MR) is 58.7 cm³/mol. The van der Waals surface area contributed by atoms with Crippen LogP contribution in [0.1, 0.15) is 5.56 Å². The Hall–Kier alpha value is -2.68. The molecule has 0 aliphatic rings. The van der Waals surface area contributed by atoms with Crippen LogP contribution in [0.25, 0.3) is 6.08 Å². The van der Waals surface area contributed by atoms with E-state index in [1.54, 1.807) is 6.07 Å². The molecule has 0 N–H and O–H groups in total. The first-order chi connectivity index (χ1) is 8.08. The van der Waals surface area contributed by atoms with Crippen molar-refractivity contribution in [3.8, 4) is 6.07 Å². The van der Waals surface area contributed by atoms with Crippen molar-refractivity contribution in [2.45, 2.75) is 0 Å². The Kier molecular flexibility index (Phi) is 3.95. The van der Waals surface area contributed by atoms with Crippen LogP contribution in [0.5, 0.6) is 0 Å². The molecule has 0 aromatic heterocycles. The molecule has 0 unspecified atom stereocenters. The molecule has 0 bridgehead atoms. The smallest absolute Gasteiger partial charge is 0.348 e. The normalized spacial score (nSPS) is 10.5. The monoisotopic (exact) mass is 232 g/mol. The van der Waals surface area contributed by atoms with Crippen molar-refractivity contribution in [1.82, 2.24) is 0 Å². The van der Waals surface area contributed by atoms with Crippen LogP contribution in [0.15, 0.2) is 29.8 Å². The van der Waals surface area contributed by atoms with Gasteiger partial charge in [0.2, 0.25) is 0 Å². The van der Waals surface area contributed by atoms with Gasteiger partial charge in [0.15, 0.2) is 0 Å². The van der Waals surface area contributed by atoms with Crippen LogP contribution in [0.2, 0.25) is 0 Å². The Labute approximate surface area is 96.9 Å². The third-order valence-electron chi connectivity index (χ3n) is 1.94. The Morgan fingerprint density at radius 1 is 1.47 bits per heavy atom.